The van der Waals surface area contributed by atoms with Crippen molar-refractivity contribution in [1.29, 1.82) is 0 Å². The minimum absolute atomic E-state index is 0. The van der Waals surface area contributed by atoms with Gasteiger partial charge in [-0.25, -0.2) is 4.98 Å². The molecule has 1 aromatic carbocycles. The summed E-state index contributed by atoms with van der Waals surface area (Å²) in [7, 11) is 1.65. The average Bonchev–Trinajstić information content (AvgIpc) is 3.38. The van der Waals surface area contributed by atoms with Crippen LogP contribution in [0.1, 0.15) is 16.9 Å². The van der Waals surface area contributed by atoms with Crippen LogP contribution in [0.5, 0.6) is 5.75 Å². The van der Waals surface area contributed by atoms with Gasteiger partial charge < -0.3 is 15.0 Å². The number of rotatable bonds is 4. The van der Waals surface area contributed by atoms with Crippen molar-refractivity contribution in [2.75, 3.05) is 46.4 Å². The van der Waals surface area contributed by atoms with E-state index in [-0.39, 0.29) is 30.7 Å². The number of carbonyl (C=O) groups is 1. The fourth-order valence-electron chi connectivity index (χ4n) is 3.67. The number of ether oxygens (including phenoxy) is 1. The third kappa shape index (κ3) is 4.96. The van der Waals surface area contributed by atoms with Crippen LogP contribution in [-0.4, -0.2) is 73.1 Å². The summed E-state index contributed by atoms with van der Waals surface area (Å²) in [5.41, 5.74) is 1.57. The topological polar surface area (TPSA) is 57.7 Å². The van der Waals surface area contributed by atoms with Crippen LogP contribution < -0.4 is 10.1 Å². The van der Waals surface area contributed by atoms with Crippen LogP contribution in [-0.2, 0) is 0 Å². The van der Waals surface area contributed by atoms with Gasteiger partial charge in [0.25, 0.3) is 5.91 Å². The maximum absolute atomic E-state index is 12.8. The molecule has 0 saturated carbocycles. The molecule has 1 amide bonds. The largest absolute Gasteiger partial charge is 0.497 e. The van der Waals surface area contributed by atoms with E-state index in [1.807, 2.05) is 34.5 Å². The van der Waals surface area contributed by atoms with Crippen LogP contribution in [0.25, 0.3) is 10.6 Å². The summed E-state index contributed by atoms with van der Waals surface area (Å²) in [5, 5.41) is 6.13. The molecule has 6 nitrogen and oxygen atoms in total. The van der Waals surface area contributed by atoms with Gasteiger partial charge in [-0.3, -0.25) is 9.69 Å². The summed E-state index contributed by atoms with van der Waals surface area (Å²) in [5.74, 6) is 0.872. The Morgan fingerprint density at radius 2 is 1.89 bits per heavy atom. The maximum atomic E-state index is 12.8. The molecule has 0 radical (unpaired) electrons. The van der Waals surface area contributed by atoms with Crippen LogP contribution in [0.3, 0.4) is 0 Å². The minimum Gasteiger partial charge on any atom is -0.497 e. The summed E-state index contributed by atoms with van der Waals surface area (Å²) in [4.78, 5) is 21.9. The molecule has 2 fully saturated rings. The lowest BCUT2D eigenvalue weighted by Gasteiger charge is -2.32. The van der Waals surface area contributed by atoms with E-state index in [0.717, 1.165) is 62.0 Å². The number of carbonyl (C=O) groups excluding carboxylic acids is 1. The van der Waals surface area contributed by atoms with Gasteiger partial charge in [0.1, 0.15) is 16.5 Å². The lowest BCUT2D eigenvalue weighted by molar-refractivity contribution is 0.0768. The molecular formula is C19H26Cl2N4O2S. The van der Waals surface area contributed by atoms with E-state index in [9.17, 15) is 4.79 Å². The quantitative estimate of drug-likeness (QED) is 0.785. The van der Waals surface area contributed by atoms with E-state index < -0.39 is 0 Å². The molecule has 2 saturated heterocycles. The number of hydrogen-bond donors (Lipinski definition) is 1. The molecule has 1 unspecified atom stereocenters. The van der Waals surface area contributed by atoms with E-state index in [1.165, 1.54) is 11.3 Å². The van der Waals surface area contributed by atoms with Crippen molar-refractivity contribution in [3.8, 4) is 16.3 Å². The molecule has 2 aliphatic rings. The Bertz CT molecular complexity index is 766. The summed E-state index contributed by atoms with van der Waals surface area (Å²) >= 11 is 1.51. The Hall–Kier alpha value is -1.38. The molecule has 3 heterocycles. The van der Waals surface area contributed by atoms with Crippen molar-refractivity contribution in [1.82, 2.24) is 20.1 Å². The fourth-order valence-corrected chi connectivity index (χ4v) is 4.47. The first-order chi connectivity index (χ1) is 12.7. The molecule has 2 aliphatic heterocycles. The molecule has 154 valence electrons. The van der Waals surface area contributed by atoms with Crippen LogP contribution in [0.2, 0.25) is 0 Å². The zero-order chi connectivity index (χ0) is 17.9. The van der Waals surface area contributed by atoms with Gasteiger partial charge >= 0.3 is 0 Å². The second kappa shape index (κ2) is 10.4. The Balaban J connectivity index is 0.00000140. The normalized spacial score (nSPS) is 19.6. The first-order valence-electron chi connectivity index (χ1n) is 9.08. The number of aromatic nitrogens is 1. The van der Waals surface area contributed by atoms with Crippen LogP contribution in [0.4, 0.5) is 0 Å². The van der Waals surface area contributed by atoms with Crippen molar-refractivity contribution >= 4 is 42.1 Å². The summed E-state index contributed by atoms with van der Waals surface area (Å²) < 4.78 is 5.19. The second-order valence-corrected chi connectivity index (χ2v) is 7.60. The van der Waals surface area contributed by atoms with E-state index in [1.54, 1.807) is 7.11 Å². The van der Waals surface area contributed by atoms with Gasteiger partial charge in [-0.2, -0.15) is 0 Å². The summed E-state index contributed by atoms with van der Waals surface area (Å²) in [6, 6.07) is 8.26. The third-order valence-electron chi connectivity index (χ3n) is 5.18. The highest BCUT2D eigenvalue weighted by atomic mass is 35.5. The smallest absolute Gasteiger partial charge is 0.273 e. The number of hydrogen-bond acceptors (Lipinski definition) is 6. The molecule has 1 aromatic heterocycles. The predicted molar refractivity (Wildman–Crippen MR) is 117 cm³/mol. The number of nitrogens with one attached hydrogen (secondary N) is 1. The highest BCUT2D eigenvalue weighted by Gasteiger charge is 2.32. The van der Waals surface area contributed by atoms with Crippen molar-refractivity contribution in [2.45, 2.75) is 12.5 Å². The van der Waals surface area contributed by atoms with Gasteiger partial charge in [0.15, 0.2) is 0 Å². The van der Waals surface area contributed by atoms with Crippen molar-refractivity contribution in [2.24, 2.45) is 0 Å². The number of nitrogens with zero attached hydrogens (tertiary/aromatic N) is 3. The molecular weight excluding hydrogens is 419 g/mol. The van der Waals surface area contributed by atoms with Gasteiger partial charge in [0, 0.05) is 56.3 Å². The predicted octanol–water partition coefficient (Wildman–Crippen LogP) is 2.78. The SMILES string of the molecule is COc1ccc(-c2nc(C(=O)N3CCC(N4CCNCC4)C3)cs2)cc1.Cl.Cl. The molecule has 0 aliphatic carbocycles. The molecule has 0 bridgehead atoms. The number of amides is 1. The lowest BCUT2D eigenvalue weighted by Crippen LogP contribution is -2.49. The summed E-state index contributed by atoms with van der Waals surface area (Å²) in [6.45, 7) is 5.87. The van der Waals surface area contributed by atoms with Crippen LogP contribution in [0.15, 0.2) is 29.6 Å². The molecule has 28 heavy (non-hydrogen) atoms. The Morgan fingerprint density at radius 1 is 1.18 bits per heavy atom. The van der Waals surface area contributed by atoms with Crippen LogP contribution in [0, 0.1) is 0 Å². The van der Waals surface area contributed by atoms with Crippen molar-refractivity contribution in [3.05, 3.63) is 35.3 Å². The lowest BCUT2D eigenvalue weighted by atomic mass is 10.2. The van der Waals surface area contributed by atoms with E-state index >= 15 is 0 Å². The van der Waals surface area contributed by atoms with Gasteiger partial charge in [0.2, 0.25) is 0 Å². The standard InChI is InChI=1S/C19H24N4O2S.2ClH/c1-25-16-4-2-14(3-5-16)18-21-17(13-26-18)19(24)23-9-6-15(12-23)22-10-7-20-8-11-22;;/h2-5,13,15,20H,6-12H2,1H3;2*1H. The van der Waals surface area contributed by atoms with E-state index in [0.29, 0.717) is 11.7 Å². The molecule has 2 aromatic rings. The molecule has 9 heteroatoms. The van der Waals surface area contributed by atoms with Crippen molar-refractivity contribution in [3.63, 3.8) is 0 Å². The zero-order valence-electron chi connectivity index (χ0n) is 15.8. The third-order valence-corrected chi connectivity index (χ3v) is 6.07. The fraction of sp³-hybridized carbons (Fsp3) is 0.474. The first kappa shape index (κ1) is 22.9. The molecule has 4 rings (SSSR count). The second-order valence-electron chi connectivity index (χ2n) is 6.75. The highest BCUT2D eigenvalue weighted by molar-refractivity contribution is 7.13. The van der Waals surface area contributed by atoms with Crippen molar-refractivity contribution < 1.29 is 9.53 Å². The van der Waals surface area contributed by atoms with Crippen LogP contribution >= 0.6 is 36.2 Å². The van der Waals surface area contributed by atoms with Gasteiger partial charge in [-0.15, -0.1) is 36.2 Å². The summed E-state index contributed by atoms with van der Waals surface area (Å²) in [6.07, 6.45) is 1.06. The van der Waals surface area contributed by atoms with E-state index in [2.05, 4.69) is 15.2 Å². The molecule has 1 atom stereocenters. The monoisotopic (exact) mass is 444 g/mol. The Labute approximate surface area is 182 Å². The zero-order valence-corrected chi connectivity index (χ0v) is 18.2. The number of halogens is 2. The average molecular weight is 445 g/mol. The highest BCUT2D eigenvalue weighted by Crippen LogP contribution is 2.27. The van der Waals surface area contributed by atoms with E-state index in [4.69, 9.17) is 4.74 Å². The number of benzene rings is 1. The molecule has 0 spiro atoms. The van der Waals surface area contributed by atoms with Gasteiger partial charge in [-0.05, 0) is 30.7 Å². The Morgan fingerprint density at radius 3 is 2.57 bits per heavy atom. The minimum atomic E-state index is 0. The number of likely N-dealkylation sites (tertiary alicyclic amines) is 1. The number of piperazine rings is 1. The van der Waals surface area contributed by atoms with Gasteiger partial charge in [0.05, 0.1) is 7.11 Å². The molecule has 1 N–H and O–H groups in total. The first-order valence-corrected chi connectivity index (χ1v) is 9.96. The number of methoxy groups -OCH3 is 1. The Kier molecular flexibility index (Phi) is 8.52. The number of thiazole rings is 1. The van der Waals surface area contributed by atoms with Gasteiger partial charge in [-0.1, -0.05) is 0 Å². The maximum Gasteiger partial charge on any atom is 0.273 e.